The summed E-state index contributed by atoms with van der Waals surface area (Å²) in [5.41, 5.74) is 0.969. The first-order chi connectivity index (χ1) is 6.65. The molecule has 1 radical (unpaired) electrons. The third-order valence-corrected chi connectivity index (χ3v) is 2.12. The summed E-state index contributed by atoms with van der Waals surface area (Å²) in [6.45, 7) is 0. The van der Waals surface area contributed by atoms with Gasteiger partial charge in [0.25, 0.3) is 0 Å². The van der Waals surface area contributed by atoms with E-state index in [-0.39, 0.29) is 0 Å². The summed E-state index contributed by atoms with van der Waals surface area (Å²) in [6, 6.07) is 8.45. The van der Waals surface area contributed by atoms with Crippen molar-refractivity contribution in [1.29, 1.82) is 0 Å². The first-order valence-corrected chi connectivity index (χ1v) is 4.52. The molecule has 0 aromatic heterocycles. The molecule has 1 N–H and O–H groups in total. The molecule has 1 aromatic rings. The molecular weight excluding hydrogens is 178 g/mol. The van der Waals surface area contributed by atoms with Crippen LogP contribution >= 0.6 is 0 Å². The highest BCUT2D eigenvalue weighted by molar-refractivity contribution is 5.33. The zero-order chi connectivity index (χ0) is 10.6. The summed E-state index contributed by atoms with van der Waals surface area (Å²) in [4.78, 5) is 1.76. The van der Waals surface area contributed by atoms with Crippen LogP contribution in [0.5, 0.6) is 5.75 Å². The molecule has 0 aliphatic rings. The predicted molar refractivity (Wildman–Crippen MR) is 55.2 cm³/mol. The van der Waals surface area contributed by atoms with Gasteiger partial charge in [0.1, 0.15) is 12.0 Å². The highest BCUT2D eigenvalue weighted by atomic mass is 16.5. The van der Waals surface area contributed by atoms with Crippen molar-refractivity contribution in [2.45, 2.75) is 12.6 Å². The van der Waals surface area contributed by atoms with Gasteiger partial charge in [0.05, 0.1) is 7.11 Å². The van der Waals surface area contributed by atoms with Crippen molar-refractivity contribution in [3.8, 4) is 5.75 Å². The number of methoxy groups -OCH3 is 1. The summed E-state index contributed by atoms with van der Waals surface area (Å²) in [7, 11) is 5.30. The van der Waals surface area contributed by atoms with Crippen LogP contribution in [0.25, 0.3) is 0 Å². The number of likely N-dealkylation sites (N-methyl/N-ethyl adjacent to an activating group) is 1. The molecule has 0 fully saturated rings. The summed E-state index contributed by atoms with van der Waals surface area (Å²) in [6.07, 6.45) is 0.0627. The molecule has 14 heavy (non-hydrogen) atoms. The number of hydrogen-bond acceptors (Lipinski definition) is 3. The van der Waals surface area contributed by atoms with Gasteiger partial charge in [0.15, 0.2) is 0 Å². The van der Waals surface area contributed by atoms with Crippen LogP contribution in [0.1, 0.15) is 5.56 Å². The lowest BCUT2D eigenvalue weighted by Gasteiger charge is -2.19. The number of nitrogens with zero attached hydrogens (tertiary/aromatic N) is 1. The molecule has 0 aliphatic carbocycles. The van der Waals surface area contributed by atoms with Gasteiger partial charge in [-0.2, -0.15) is 0 Å². The third kappa shape index (κ3) is 2.72. The molecule has 0 aliphatic heterocycles. The largest absolute Gasteiger partial charge is 0.496 e. The molecule has 0 bridgehead atoms. The number of aliphatic hydroxyl groups is 1. The summed E-state index contributed by atoms with van der Waals surface area (Å²) in [5.74, 6) is 0.796. The van der Waals surface area contributed by atoms with Gasteiger partial charge in [-0.05, 0) is 37.9 Å². The first-order valence-electron chi connectivity index (χ1n) is 4.52. The Bertz CT molecular complexity index is 286. The van der Waals surface area contributed by atoms with Crippen molar-refractivity contribution in [3.63, 3.8) is 0 Å². The van der Waals surface area contributed by atoms with Crippen LogP contribution in [0.4, 0.5) is 0 Å². The van der Waals surface area contributed by atoms with Gasteiger partial charge in [-0.25, -0.2) is 0 Å². The standard InChI is InChI=1S/C11H16NO2/c1-12(2)11(13)8-9-6-4-5-7-10(9)14-3/h5-7,11,13H,8H2,1-3H3. The van der Waals surface area contributed by atoms with Crippen molar-refractivity contribution in [1.82, 2.24) is 4.90 Å². The van der Waals surface area contributed by atoms with Crippen molar-refractivity contribution >= 4 is 0 Å². The Morgan fingerprint density at radius 1 is 1.57 bits per heavy atom. The minimum absolute atomic E-state index is 0.486. The molecule has 3 heteroatoms. The fraction of sp³-hybridized carbons (Fsp3) is 0.455. The monoisotopic (exact) mass is 194 g/mol. The molecule has 0 heterocycles. The maximum Gasteiger partial charge on any atom is 0.122 e. The Hall–Kier alpha value is -1.06. The molecular formula is C11H16NO2. The molecule has 1 atom stereocenters. The van der Waals surface area contributed by atoms with Crippen LogP contribution in [0.3, 0.4) is 0 Å². The summed E-state index contributed by atoms with van der Waals surface area (Å²) in [5, 5.41) is 9.66. The van der Waals surface area contributed by atoms with Gasteiger partial charge < -0.3 is 9.84 Å². The zero-order valence-corrected chi connectivity index (χ0v) is 8.82. The van der Waals surface area contributed by atoms with Crippen LogP contribution in [0.15, 0.2) is 18.2 Å². The quantitative estimate of drug-likeness (QED) is 0.723. The number of rotatable bonds is 4. The SMILES string of the molecule is COc1cc[c]cc1CC(O)N(C)C. The molecule has 0 amide bonds. The second-order valence-electron chi connectivity index (χ2n) is 3.39. The number of ether oxygens (including phenoxy) is 1. The third-order valence-electron chi connectivity index (χ3n) is 2.12. The van der Waals surface area contributed by atoms with Gasteiger partial charge in [-0.15, -0.1) is 0 Å². The van der Waals surface area contributed by atoms with E-state index in [1.807, 2.05) is 26.2 Å². The van der Waals surface area contributed by atoms with Gasteiger partial charge in [0.2, 0.25) is 0 Å². The Morgan fingerprint density at radius 3 is 2.86 bits per heavy atom. The molecule has 0 spiro atoms. The zero-order valence-electron chi connectivity index (χ0n) is 8.82. The van der Waals surface area contributed by atoms with Gasteiger partial charge in [-0.3, -0.25) is 4.90 Å². The number of hydrogen-bond donors (Lipinski definition) is 1. The molecule has 1 aromatic carbocycles. The van der Waals surface area contributed by atoms with Crippen LogP contribution in [-0.4, -0.2) is 37.4 Å². The summed E-state index contributed by atoms with van der Waals surface area (Å²) >= 11 is 0. The number of aliphatic hydroxyl groups excluding tert-OH is 1. The maximum absolute atomic E-state index is 9.66. The van der Waals surface area contributed by atoms with E-state index >= 15 is 0 Å². The van der Waals surface area contributed by atoms with Crippen LogP contribution in [0, 0.1) is 6.07 Å². The molecule has 0 saturated carbocycles. The smallest absolute Gasteiger partial charge is 0.122 e. The normalized spacial score (nSPS) is 12.9. The lowest BCUT2D eigenvalue weighted by atomic mass is 10.1. The predicted octanol–water partition coefficient (Wildman–Crippen LogP) is 0.918. The van der Waals surface area contributed by atoms with E-state index in [1.165, 1.54) is 0 Å². The van der Waals surface area contributed by atoms with E-state index in [1.54, 1.807) is 18.1 Å². The van der Waals surface area contributed by atoms with Gasteiger partial charge in [-0.1, -0.05) is 6.07 Å². The molecule has 3 nitrogen and oxygen atoms in total. The highest BCUT2D eigenvalue weighted by Crippen LogP contribution is 2.18. The minimum atomic E-state index is -0.486. The highest BCUT2D eigenvalue weighted by Gasteiger charge is 2.10. The Labute approximate surface area is 84.9 Å². The molecule has 0 saturated heterocycles. The van der Waals surface area contributed by atoms with Crippen molar-refractivity contribution in [2.24, 2.45) is 0 Å². The van der Waals surface area contributed by atoms with Crippen LogP contribution in [0.2, 0.25) is 0 Å². The first kappa shape index (κ1) is 11.0. The van der Waals surface area contributed by atoms with Crippen molar-refractivity contribution in [2.75, 3.05) is 21.2 Å². The lowest BCUT2D eigenvalue weighted by molar-refractivity contribution is 0.0408. The fourth-order valence-electron chi connectivity index (χ4n) is 1.19. The van der Waals surface area contributed by atoms with Crippen LogP contribution < -0.4 is 4.74 Å². The maximum atomic E-state index is 9.66. The second-order valence-corrected chi connectivity index (χ2v) is 3.39. The Morgan fingerprint density at radius 2 is 2.29 bits per heavy atom. The van der Waals surface area contributed by atoms with E-state index < -0.39 is 6.23 Å². The van der Waals surface area contributed by atoms with Crippen molar-refractivity contribution in [3.05, 3.63) is 29.8 Å². The second kappa shape index (κ2) is 4.98. The Kier molecular flexibility index (Phi) is 3.92. The Balaban J connectivity index is 2.75. The van der Waals surface area contributed by atoms with Crippen LogP contribution in [-0.2, 0) is 6.42 Å². The summed E-state index contributed by atoms with van der Waals surface area (Å²) < 4.78 is 5.18. The average Bonchev–Trinajstić information content (AvgIpc) is 2.18. The number of benzene rings is 1. The van der Waals surface area contributed by atoms with Gasteiger partial charge >= 0.3 is 0 Å². The minimum Gasteiger partial charge on any atom is -0.496 e. The van der Waals surface area contributed by atoms with E-state index in [4.69, 9.17) is 4.74 Å². The molecule has 77 valence electrons. The topological polar surface area (TPSA) is 32.7 Å². The van der Waals surface area contributed by atoms with E-state index in [0.29, 0.717) is 6.42 Å². The van der Waals surface area contributed by atoms with Gasteiger partial charge in [0, 0.05) is 6.42 Å². The molecule has 1 rings (SSSR count). The van der Waals surface area contributed by atoms with E-state index in [2.05, 4.69) is 6.07 Å². The molecule has 1 unspecified atom stereocenters. The average molecular weight is 194 g/mol. The van der Waals surface area contributed by atoms with E-state index in [0.717, 1.165) is 11.3 Å². The lowest BCUT2D eigenvalue weighted by Crippen LogP contribution is -2.29. The van der Waals surface area contributed by atoms with Crippen molar-refractivity contribution < 1.29 is 9.84 Å². The van der Waals surface area contributed by atoms with E-state index in [9.17, 15) is 5.11 Å². The fourth-order valence-corrected chi connectivity index (χ4v) is 1.19.